The standard InChI is InChI=1S/C15H17NO4/c17-14(12-7-8-13(20-12)15(18)19)16-11-6-5-9-3-1-2-4-10(9)11/h1-4,11-13H,5-8H2,(H,16,17)(H,18,19)/t11?,12-,13+/m0/s1. The Hall–Kier alpha value is -1.88. The average Bonchev–Trinajstić information content (AvgIpc) is 3.06. The van der Waals surface area contributed by atoms with Crippen LogP contribution in [0.4, 0.5) is 0 Å². The molecule has 106 valence electrons. The maximum atomic E-state index is 12.2. The van der Waals surface area contributed by atoms with Crippen LogP contribution in [-0.4, -0.2) is 29.2 Å². The topological polar surface area (TPSA) is 75.6 Å². The molecule has 1 unspecified atom stereocenters. The SMILES string of the molecule is O=C(NC1CCc2ccccc21)[C@@H]1CC[C@H](C(=O)O)O1. The first-order valence-electron chi connectivity index (χ1n) is 6.91. The lowest BCUT2D eigenvalue weighted by atomic mass is 10.1. The zero-order valence-corrected chi connectivity index (χ0v) is 11.0. The molecule has 1 aromatic rings. The largest absolute Gasteiger partial charge is 0.479 e. The molecule has 1 amide bonds. The van der Waals surface area contributed by atoms with Crippen LogP contribution in [0.15, 0.2) is 24.3 Å². The van der Waals surface area contributed by atoms with Crippen LogP contribution >= 0.6 is 0 Å². The fourth-order valence-corrected chi connectivity index (χ4v) is 2.98. The minimum Gasteiger partial charge on any atom is -0.479 e. The molecule has 1 aromatic carbocycles. The third kappa shape index (κ3) is 2.41. The van der Waals surface area contributed by atoms with Gasteiger partial charge in [0.05, 0.1) is 6.04 Å². The van der Waals surface area contributed by atoms with Crippen molar-refractivity contribution in [1.29, 1.82) is 0 Å². The fourth-order valence-electron chi connectivity index (χ4n) is 2.98. The molecule has 1 fully saturated rings. The summed E-state index contributed by atoms with van der Waals surface area (Å²) in [4.78, 5) is 23.0. The van der Waals surface area contributed by atoms with Gasteiger partial charge < -0.3 is 15.2 Å². The highest BCUT2D eigenvalue weighted by Crippen LogP contribution is 2.31. The lowest BCUT2D eigenvalue weighted by Gasteiger charge is -2.17. The van der Waals surface area contributed by atoms with Crippen LogP contribution in [-0.2, 0) is 20.7 Å². The first-order chi connectivity index (χ1) is 9.65. The molecule has 0 bridgehead atoms. The number of amides is 1. The number of hydrogen-bond donors (Lipinski definition) is 2. The van der Waals surface area contributed by atoms with Crippen LogP contribution in [0, 0.1) is 0 Å². The second-order valence-corrected chi connectivity index (χ2v) is 5.33. The second-order valence-electron chi connectivity index (χ2n) is 5.33. The summed E-state index contributed by atoms with van der Waals surface area (Å²) in [6.07, 6.45) is 1.24. The van der Waals surface area contributed by atoms with Crippen LogP contribution < -0.4 is 5.32 Å². The van der Waals surface area contributed by atoms with E-state index in [0.29, 0.717) is 12.8 Å². The first kappa shape index (κ1) is 13.1. The van der Waals surface area contributed by atoms with Crippen LogP contribution in [0.1, 0.15) is 36.4 Å². The van der Waals surface area contributed by atoms with E-state index < -0.39 is 18.2 Å². The van der Waals surface area contributed by atoms with Gasteiger partial charge in [-0.05, 0) is 36.8 Å². The molecular formula is C15H17NO4. The Balaban J connectivity index is 1.62. The van der Waals surface area contributed by atoms with Crippen LogP contribution in [0.25, 0.3) is 0 Å². The van der Waals surface area contributed by atoms with Crippen LogP contribution in [0.3, 0.4) is 0 Å². The van der Waals surface area contributed by atoms with E-state index in [1.54, 1.807) is 0 Å². The zero-order valence-electron chi connectivity index (χ0n) is 11.0. The molecular weight excluding hydrogens is 258 g/mol. The van der Waals surface area contributed by atoms with Crippen molar-refractivity contribution in [1.82, 2.24) is 5.32 Å². The summed E-state index contributed by atoms with van der Waals surface area (Å²) in [6, 6.07) is 8.10. The van der Waals surface area contributed by atoms with Gasteiger partial charge >= 0.3 is 5.97 Å². The van der Waals surface area contributed by atoms with Gasteiger partial charge in [-0.2, -0.15) is 0 Å². The van der Waals surface area contributed by atoms with Gasteiger partial charge in [0.25, 0.3) is 0 Å². The van der Waals surface area contributed by atoms with Crippen molar-refractivity contribution in [3.05, 3.63) is 35.4 Å². The van der Waals surface area contributed by atoms with Gasteiger partial charge in [-0.15, -0.1) is 0 Å². The molecule has 1 aliphatic carbocycles. The van der Waals surface area contributed by atoms with Gasteiger partial charge in [0.15, 0.2) is 6.10 Å². The Bertz CT molecular complexity index is 542. The molecule has 5 nitrogen and oxygen atoms in total. The monoisotopic (exact) mass is 275 g/mol. The number of benzene rings is 1. The average molecular weight is 275 g/mol. The lowest BCUT2D eigenvalue weighted by molar-refractivity contribution is -0.151. The molecule has 1 aliphatic heterocycles. The molecule has 2 aliphatic rings. The Morgan fingerprint density at radius 2 is 1.90 bits per heavy atom. The molecule has 20 heavy (non-hydrogen) atoms. The van der Waals surface area contributed by atoms with E-state index in [9.17, 15) is 9.59 Å². The molecule has 0 aromatic heterocycles. The summed E-state index contributed by atoms with van der Waals surface area (Å²) in [6.45, 7) is 0. The number of aryl methyl sites for hydroxylation is 1. The van der Waals surface area contributed by atoms with Gasteiger partial charge in [0.1, 0.15) is 6.10 Å². The molecule has 2 N–H and O–H groups in total. The number of nitrogens with one attached hydrogen (secondary N) is 1. The zero-order chi connectivity index (χ0) is 14.1. The molecule has 1 saturated heterocycles. The number of ether oxygens (including phenoxy) is 1. The van der Waals surface area contributed by atoms with Gasteiger partial charge in [-0.3, -0.25) is 4.79 Å². The number of hydrogen-bond acceptors (Lipinski definition) is 3. The van der Waals surface area contributed by atoms with Crippen molar-refractivity contribution in [3.63, 3.8) is 0 Å². The number of carbonyl (C=O) groups excluding carboxylic acids is 1. The molecule has 5 heteroatoms. The number of rotatable bonds is 3. The Morgan fingerprint density at radius 1 is 1.15 bits per heavy atom. The van der Waals surface area contributed by atoms with Crippen LogP contribution in [0.5, 0.6) is 0 Å². The highest BCUT2D eigenvalue weighted by Gasteiger charge is 2.36. The molecule has 0 radical (unpaired) electrons. The summed E-state index contributed by atoms with van der Waals surface area (Å²) >= 11 is 0. The van der Waals surface area contributed by atoms with Gasteiger partial charge in [-0.25, -0.2) is 4.79 Å². The van der Waals surface area contributed by atoms with Crippen molar-refractivity contribution >= 4 is 11.9 Å². The van der Waals surface area contributed by atoms with Crippen molar-refractivity contribution in [3.8, 4) is 0 Å². The molecule has 1 heterocycles. The van der Waals surface area contributed by atoms with Crippen LogP contribution in [0.2, 0.25) is 0 Å². The van der Waals surface area contributed by atoms with Crippen molar-refractivity contribution in [2.45, 2.75) is 43.9 Å². The first-order valence-corrected chi connectivity index (χ1v) is 6.91. The molecule has 0 saturated carbocycles. The Labute approximate surface area is 116 Å². The quantitative estimate of drug-likeness (QED) is 0.875. The summed E-state index contributed by atoms with van der Waals surface area (Å²) in [5.74, 6) is -1.19. The fraction of sp³-hybridized carbons (Fsp3) is 0.467. The van der Waals surface area contributed by atoms with E-state index in [4.69, 9.17) is 9.84 Å². The van der Waals surface area contributed by atoms with E-state index in [1.807, 2.05) is 18.2 Å². The van der Waals surface area contributed by atoms with Crippen molar-refractivity contribution < 1.29 is 19.4 Å². The number of carboxylic acid groups (broad SMARTS) is 1. The summed E-state index contributed by atoms with van der Waals surface area (Å²) in [5.41, 5.74) is 2.43. The van der Waals surface area contributed by atoms with E-state index in [-0.39, 0.29) is 11.9 Å². The van der Waals surface area contributed by atoms with E-state index in [1.165, 1.54) is 5.56 Å². The van der Waals surface area contributed by atoms with Crippen molar-refractivity contribution in [2.75, 3.05) is 0 Å². The van der Waals surface area contributed by atoms with Gasteiger partial charge in [0.2, 0.25) is 5.91 Å². The normalized spacial score (nSPS) is 28.1. The summed E-state index contributed by atoms with van der Waals surface area (Å²) in [5, 5.41) is 11.9. The highest BCUT2D eigenvalue weighted by molar-refractivity contribution is 5.83. The van der Waals surface area contributed by atoms with Gasteiger partial charge in [-0.1, -0.05) is 24.3 Å². The second kappa shape index (κ2) is 5.25. The molecule has 3 rings (SSSR count). The van der Waals surface area contributed by atoms with E-state index in [2.05, 4.69) is 11.4 Å². The maximum Gasteiger partial charge on any atom is 0.332 e. The Morgan fingerprint density at radius 3 is 2.65 bits per heavy atom. The van der Waals surface area contributed by atoms with E-state index >= 15 is 0 Å². The number of carbonyl (C=O) groups is 2. The third-order valence-corrected chi connectivity index (χ3v) is 4.04. The Kier molecular flexibility index (Phi) is 3.44. The summed E-state index contributed by atoms with van der Waals surface area (Å²) < 4.78 is 5.27. The maximum absolute atomic E-state index is 12.2. The highest BCUT2D eigenvalue weighted by atomic mass is 16.5. The van der Waals surface area contributed by atoms with Gasteiger partial charge in [0, 0.05) is 0 Å². The summed E-state index contributed by atoms with van der Waals surface area (Å²) in [7, 11) is 0. The minimum atomic E-state index is -0.994. The van der Waals surface area contributed by atoms with Crippen molar-refractivity contribution in [2.24, 2.45) is 0 Å². The van der Waals surface area contributed by atoms with E-state index in [0.717, 1.165) is 18.4 Å². The molecule has 3 atom stereocenters. The lowest BCUT2D eigenvalue weighted by Crippen LogP contribution is -2.37. The minimum absolute atomic E-state index is 0.0196. The predicted octanol–water partition coefficient (Wildman–Crippen LogP) is 1.42. The third-order valence-electron chi connectivity index (χ3n) is 4.04. The molecule has 0 spiro atoms. The number of carboxylic acids is 1. The number of fused-ring (bicyclic) bond motifs is 1. The smallest absolute Gasteiger partial charge is 0.332 e. The number of aliphatic carboxylic acids is 1. The predicted molar refractivity (Wildman–Crippen MR) is 71.2 cm³/mol.